The van der Waals surface area contributed by atoms with Crippen LogP contribution in [-0.4, -0.2) is 27.3 Å². The average molecular weight is 416 g/mol. The third kappa shape index (κ3) is 3.46. The lowest BCUT2D eigenvalue weighted by atomic mass is 10.0. The van der Waals surface area contributed by atoms with Crippen molar-refractivity contribution in [1.82, 2.24) is 19.9 Å². The first kappa shape index (κ1) is 19.4. The van der Waals surface area contributed by atoms with Crippen molar-refractivity contribution in [3.63, 3.8) is 0 Å². The van der Waals surface area contributed by atoms with Crippen LogP contribution in [0, 0.1) is 13.8 Å². The summed E-state index contributed by atoms with van der Waals surface area (Å²) in [6.45, 7) is 6.24. The van der Waals surface area contributed by atoms with E-state index < -0.39 is 0 Å². The summed E-state index contributed by atoms with van der Waals surface area (Å²) in [5.41, 5.74) is 5.78. The smallest absolute Gasteiger partial charge is 0.231 e. The number of nitrogens with one attached hydrogen (secondary N) is 1. The molecule has 1 amide bonds. The van der Waals surface area contributed by atoms with E-state index in [0.717, 1.165) is 50.6 Å². The number of ether oxygens (including phenoxy) is 2. The lowest BCUT2D eigenvalue weighted by Crippen LogP contribution is -2.27. The van der Waals surface area contributed by atoms with Gasteiger partial charge in [0.2, 0.25) is 12.7 Å². The van der Waals surface area contributed by atoms with Gasteiger partial charge in [-0.25, -0.2) is 9.50 Å². The SMILES string of the molecule is Cc1nc2c3ccccc3nn2c(C)c1CCC(=O)NC(C)c1ccc2c(c1)OCO2. The minimum absolute atomic E-state index is 0.00492. The number of nitrogens with zero attached hydrogens (tertiary/aromatic N) is 3. The maximum Gasteiger partial charge on any atom is 0.231 e. The fraction of sp³-hybridized carbons (Fsp3) is 0.292. The van der Waals surface area contributed by atoms with Crippen molar-refractivity contribution in [2.24, 2.45) is 0 Å². The molecular weight excluding hydrogens is 392 g/mol. The van der Waals surface area contributed by atoms with Crippen LogP contribution in [0.2, 0.25) is 0 Å². The van der Waals surface area contributed by atoms with Gasteiger partial charge in [-0.05, 0) is 62.6 Å². The zero-order chi connectivity index (χ0) is 21.5. The highest BCUT2D eigenvalue weighted by Crippen LogP contribution is 2.34. The fourth-order valence-corrected chi connectivity index (χ4v) is 4.16. The average Bonchev–Trinajstić information content (AvgIpc) is 3.37. The van der Waals surface area contributed by atoms with Gasteiger partial charge in [0.1, 0.15) is 0 Å². The molecule has 7 nitrogen and oxygen atoms in total. The number of benzene rings is 2. The fourth-order valence-electron chi connectivity index (χ4n) is 4.16. The minimum atomic E-state index is -0.124. The van der Waals surface area contributed by atoms with E-state index in [0.29, 0.717) is 12.8 Å². The number of hydrogen-bond acceptors (Lipinski definition) is 5. The number of hydrogen-bond donors (Lipinski definition) is 1. The molecule has 7 heteroatoms. The van der Waals surface area contributed by atoms with Crippen LogP contribution in [-0.2, 0) is 11.2 Å². The number of fused-ring (bicyclic) bond motifs is 4. The van der Waals surface area contributed by atoms with Gasteiger partial charge < -0.3 is 14.8 Å². The Morgan fingerprint density at radius 1 is 1.16 bits per heavy atom. The lowest BCUT2D eigenvalue weighted by Gasteiger charge is -2.16. The first-order valence-corrected chi connectivity index (χ1v) is 10.4. The summed E-state index contributed by atoms with van der Waals surface area (Å²) in [7, 11) is 0. The zero-order valence-corrected chi connectivity index (χ0v) is 17.8. The highest BCUT2D eigenvalue weighted by molar-refractivity contribution is 5.92. The molecule has 0 spiro atoms. The molecule has 0 saturated carbocycles. The molecule has 0 aliphatic carbocycles. The predicted molar refractivity (Wildman–Crippen MR) is 117 cm³/mol. The topological polar surface area (TPSA) is 77.8 Å². The minimum Gasteiger partial charge on any atom is -0.454 e. The van der Waals surface area contributed by atoms with Gasteiger partial charge in [-0.3, -0.25) is 4.79 Å². The Morgan fingerprint density at radius 3 is 2.84 bits per heavy atom. The van der Waals surface area contributed by atoms with E-state index in [1.54, 1.807) is 0 Å². The number of carbonyl (C=O) groups excluding carboxylic acids is 1. The van der Waals surface area contributed by atoms with Crippen molar-refractivity contribution in [3.8, 4) is 11.5 Å². The molecule has 3 heterocycles. The summed E-state index contributed by atoms with van der Waals surface area (Å²) in [5, 5.41) is 8.81. The molecule has 4 aromatic rings. The van der Waals surface area contributed by atoms with Crippen molar-refractivity contribution < 1.29 is 14.3 Å². The number of aryl methyl sites for hydroxylation is 2. The Morgan fingerprint density at radius 2 is 1.97 bits per heavy atom. The van der Waals surface area contributed by atoms with Crippen molar-refractivity contribution in [1.29, 1.82) is 0 Å². The largest absolute Gasteiger partial charge is 0.454 e. The number of aromatic nitrogens is 3. The summed E-state index contributed by atoms with van der Waals surface area (Å²) in [6.07, 6.45) is 0.987. The van der Waals surface area contributed by atoms with Gasteiger partial charge in [0.25, 0.3) is 0 Å². The standard InChI is InChI=1S/C24H24N4O3/c1-14(17-8-10-21-22(12-17)31-13-30-21)25-23(29)11-9-18-15(2)26-24-19-6-4-5-7-20(19)27-28(24)16(18)3/h4-8,10,12,14H,9,11,13H2,1-3H3,(H,25,29). The molecule has 0 fully saturated rings. The third-order valence-corrected chi connectivity index (χ3v) is 5.89. The molecule has 1 aliphatic rings. The monoisotopic (exact) mass is 416 g/mol. The summed E-state index contributed by atoms with van der Waals surface area (Å²) in [6, 6.07) is 13.6. The Labute approximate surface area is 180 Å². The van der Waals surface area contributed by atoms with Crippen LogP contribution in [0.25, 0.3) is 16.6 Å². The molecular formula is C24H24N4O3. The Kier molecular flexibility index (Phi) is 4.73. The third-order valence-electron chi connectivity index (χ3n) is 5.89. The molecule has 0 bridgehead atoms. The lowest BCUT2D eigenvalue weighted by molar-refractivity contribution is -0.121. The second-order valence-electron chi connectivity index (χ2n) is 7.92. The number of carbonyl (C=O) groups is 1. The van der Waals surface area contributed by atoms with Gasteiger partial charge in [-0.2, -0.15) is 5.10 Å². The zero-order valence-electron chi connectivity index (χ0n) is 17.8. The molecule has 1 N–H and O–H groups in total. The van der Waals surface area contributed by atoms with Crippen molar-refractivity contribution in [2.75, 3.05) is 6.79 Å². The molecule has 158 valence electrons. The number of amides is 1. The second-order valence-corrected chi connectivity index (χ2v) is 7.92. The number of rotatable bonds is 5. The molecule has 1 unspecified atom stereocenters. The molecule has 2 aromatic carbocycles. The first-order valence-electron chi connectivity index (χ1n) is 10.4. The van der Waals surface area contributed by atoms with Gasteiger partial charge in [-0.15, -0.1) is 0 Å². The first-order chi connectivity index (χ1) is 15.0. The molecule has 0 radical (unpaired) electrons. The van der Waals surface area contributed by atoms with Gasteiger partial charge in [0.15, 0.2) is 17.1 Å². The van der Waals surface area contributed by atoms with Crippen LogP contribution < -0.4 is 14.8 Å². The molecule has 1 aliphatic heterocycles. The molecule has 0 saturated heterocycles. The van der Waals surface area contributed by atoms with E-state index in [1.807, 2.05) is 67.8 Å². The summed E-state index contributed by atoms with van der Waals surface area (Å²) in [5.74, 6) is 1.45. The Balaban J connectivity index is 1.31. The van der Waals surface area contributed by atoms with E-state index in [4.69, 9.17) is 19.6 Å². The Bertz CT molecular complexity index is 1310. The molecule has 31 heavy (non-hydrogen) atoms. The van der Waals surface area contributed by atoms with Gasteiger partial charge in [0.05, 0.1) is 11.6 Å². The maximum atomic E-state index is 12.7. The summed E-state index contributed by atoms with van der Waals surface area (Å²) >= 11 is 0. The molecule has 5 rings (SSSR count). The van der Waals surface area contributed by atoms with E-state index in [1.165, 1.54) is 0 Å². The second kappa shape index (κ2) is 7.58. The van der Waals surface area contributed by atoms with E-state index in [9.17, 15) is 4.79 Å². The molecule has 1 atom stereocenters. The normalized spacial score (nSPS) is 13.6. The Hall–Kier alpha value is -3.61. The van der Waals surface area contributed by atoms with E-state index in [2.05, 4.69) is 5.32 Å². The highest BCUT2D eigenvalue weighted by Gasteiger charge is 2.18. The highest BCUT2D eigenvalue weighted by atomic mass is 16.7. The van der Waals surface area contributed by atoms with Gasteiger partial charge in [-0.1, -0.05) is 18.2 Å². The summed E-state index contributed by atoms with van der Waals surface area (Å²) in [4.78, 5) is 17.4. The van der Waals surface area contributed by atoms with Crippen LogP contribution >= 0.6 is 0 Å². The van der Waals surface area contributed by atoms with Crippen LogP contribution in [0.15, 0.2) is 42.5 Å². The van der Waals surface area contributed by atoms with Crippen molar-refractivity contribution >= 4 is 22.5 Å². The maximum absolute atomic E-state index is 12.7. The quantitative estimate of drug-likeness (QED) is 0.531. The van der Waals surface area contributed by atoms with Crippen LogP contribution in [0.1, 0.15) is 41.9 Å². The van der Waals surface area contributed by atoms with E-state index >= 15 is 0 Å². The van der Waals surface area contributed by atoms with Crippen molar-refractivity contribution in [2.45, 2.75) is 39.7 Å². The predicted octanol–water partition coefficient (Wildman–Crippen LogP) is 4.04. The molecule has 2 aromatic heterocycles. The van der Waals surface area contributed by atoms with E-state index in [-0.39, 0.29) is 18.7 Å². The van der Waals surface area contributed by atoms with Crippen molar-refractivity contribution in [3.05, 3.63) is 65.0 Å². The van der Waals surface area contributed by atoms with Crippen LogP contribution in [0.5, 0.6) is 11.5 Å². The summed E-state index contributed by atoms with van der Waals surface area (Å²) < 4.78 is 12.7. The van der Waals surface area contributed by atoms with Gasteiger partial charge >= 0.3 is 0 Å². The van der Waals surface area contributed by atoms with Gasteiger partial charge in [0, 0.05) is 23.2 Å². The van der Waals surface area contributed by atoms with Crippen LogP contribution in [0.4, 0.5) is 0 Å². The van der Waals surface area contributed by atoms with Crippen LogP contribution in [0.3, 0.4) is 0 Å².